The van der Waals surface area contributed by atoms with E-state index in [4.69, 9.17) is 5.11 Å². The van der Waals surface area contributed by atoms with Crippen LogP contribution in [0, 0.1) is 5.92 Å². The molecule has 1 aromatic rings. The lowest BCUT2D eigenvalue weighted by molar-refractivity contribution is -0.138. The molecular formula is C17H25NO2. The molecule has 110 valence electrons. The molecule has 1 fully saturated rings. The third-order valence-corrected chi connectivity index (χ3v) is 4.59. The fourth-order valence-electron chi connectivity index (χ4n) is 2.97. The van der Waals surface area contributed by atoms with Gasteiger partial charge in [-0.05, 0) is 43.7 Å². The summed E-state index contributed by atoms with van der Waals surface area (Å²) in [5, 5.41) is 12.6. The topological polar surface area (TPSA) is 49.3 Å². The number of rotatable bonds is 6. The van der Waals surface area contributed by atoms with Crippen LogP contribution >= 0.6 is 0 Å². The van der Waals surface area contributed by atoms with Gasteiger partial charge in [-0.1, -0.05) is 37.1 Å². The zero-order chi connectivity index (χ0) is 14.5. The molecule has 0 aliphatic heterocycles. The van der Waals surface area contributed by atoms with Gasteiger partial charge in [-0.2, -0.15) is 0 Å². The van der Waals surface area contributed by atoms with Crippen LogP contribution in [0.25, 0.3) is 0 Å². The molecule has 0 aromatic heterocycles. The lowest BCUT2D eigenvalue weighted by atomic mass is 9.98. The van der Waals surface area contributed by atoms with Gasteiger partial charge in [-0.25, -0.2) is 0 Å². The number of hydrogen-bond donors (Lipinski definition) is 2. The second kappa shape index (κ2) is 6.89. The van der Waals surface area contributed by atoms with E-state index in [1.54, 1.807) is 6.92 Å². The Hall–Kier alpha value is -1.35. The summed E-state index contributed by atoms with van der Waals surface area (Å²) in [6.07, 6.45) is 5.45. The van der Waals surface area contributed by atoms with E-state index in [0.717, 1.165) is 18.0 Å². The molecule has 2 rings (SSSR count). The van der Waals surface area contributed by atoms with Gasteiger partial charge in [0.2, 0.25) is 0 Å². The number of carboxylic acid groups (broad SMARTS) is 1. The molecular weight excluding hydrogens is 250 g/mol. The Morgan fingerprint density at radius 2 is 1.85 bits per heavy atom. The molecule has 3 heteroatoms. The molecule has 2 N–H and O–H groups in total. The van der Waals surface area contributed by atoms with E-state index in [2.05, 4.69) is 12.2 Å². The summed E-state index contributed by atoms with van der Waals surface area (Å²) in [6, 6.07) is 8.48. The lowest BCUT2D eigenvalue weighted by Crippen LogP contribution is -2.31. The fraction of sp³-hybridized carbons (Fsp3) is 0.588. The summed E-state index contributed by atoms with van der Waals surface area (Å²) in [5.74, 6) is -0.388. The van der Waals surface area contributed by atoms with Gasteiger partial charge in [0.25, 0.3) is 0 Å². The highest BCUT2D eigenvalue weighted by molar-refractivity contribution is 5.75. The summed E-state index contributed by atoms with van der Waals surface area (Å²) in [5.41, 5.74) is 2.08. The third kappa shape index (κ3) is 3.83. The van der Waals surface area contributed by atoms with Crippen molar-refractivity contribution in [3.05, 3.63) is 35.4 Å². The molecule has 0 heterocycles. The Morgan fingerprint density at radius 3 is 2.40 bits per heavy atom. The quantitative estimate of drug-likeness (QED) is 0.835. The van der Waals surface area contributed by atoms with E-state index in [1.807, 2.05) is 24.3 Å². The van der Waals surface area contributed by atoms with Gasteiger partial charge < -0.3 is 10.4 Å². The minimum atomic E-state index is -0.772. The van der Waals surface area contributed by atoms with Gasteiger partial charge in [-0.3, -0.25) is 4.79 Å². The second-order valence-corrected chi connectivity index (χ2v) is 6.02. The van der Waals surface area contributed by atoms with Crippen molar-refractivity contribution in [3.63, 3.8) is 0 Å². The van der Waals surface area contributed by atoms with Crippen molar-refractivity contribution in [3.8, 4) is 0 Å². The molecule has 1 aromatic carbocycles. The molecule has 0 amide bonds. The molecule has 0 saturated heterocycles. The maximum Gasteiger partial charge on any atom is 0.310 e. The van der Waals surface area contributed by atoms with E-state index in [0.29, 0.717) is 6.04 Å². The third-order valence-electron chi connectivity index (χ3n) is 4.59. The number of nitrogens with one attached hydrogen (secondary N) is 1. The highest BCUT2D eigenvalue weighted by Gasteiger charge is 2.20. The van der Waals surface area contributed by atoms with Gasteiger partial charge in [0.1, 0.15) is 0 Å². The van der Waals surface area contributed by atoms with E-state index in [-0.39, 0.29) is 0 Å². The Morgan fingerprint density at radius 1 is 1.25 bits per heavy atom. The Bertz CT molecular complexity index is 435. The maximum absolute atomic E-state index is 10.9. The average Bonchev–Trinajstić information content (AvgIpc) is 2.98. The SMILES string of the molecule is CC(C(=O)O)c1ccc(CNC(C)C2CCCC2)cc1. The fourth-order valence-corrected chi connectivity index (χ4v) is 2.97. The molecule has 1 saturated carbocycles. The number of carbonyl (C=O) groups is 1. The van der Waals surface area contributed by atoms with Crippen molar-refractivity contribution in [2.45, 2.75) is 58.0 Å². The Balaban J connectivity index is 1.85. The largest absolute Gasteiger partial charge is 0.481 e. The smallest absolute Gasteiger partial charge is 0.310 e. The van der Waals surface area contributed by atoms with Crippen LogP contribution in [0.2, 0.25) is 0 Å². The first-order valence-corrected chi connectivity index (χ1v) is 7.63. The highest BCUT2D eigenvalue weighted by Crippen LogP contribution is 2.27. The number of aliphatic carboxylic acids is 1. The van der Waals surface area contributed by atoms with Gasteiger partial charge >= 0.3 is 5.97 Å². The molecule has 2 atom stereocenters. The maximum atomic E-state index is 10.9. The first-order valence-electron chi connectivity index (χ1n) is 7.63. The highest BCUT2D eigenvalue weighted by atomic mass is 16.4. The van der Waals surface area contributed by atoms with Crippen LogP contribution in [-0.2, 0) is 11.3 Å². The molecule has 3 nitrogen and oxygen atoms in total. The minimum Gasteiger partial charge on any atom is -0.481 e. The van der Waals surface area contributed by atoms with Crippen molar-refractivity contribution in [1.29, 1.82) is 0 Å². The Labute approximate surface area is 121 Å². The van der Waals surface area contributed by atoms with E-state index < -0.39 is 11.9 Å². The molecule has 20 heavy (non-hydrogen) atoms. The molecule has 0 radical (unpaired) electrons. The van der Waals surface area contributed by atoms with Gasteiger partial charge in [-0.15, -0.1) is 0 Å². The van der Waals surface area contributed by atoms with Gasteiger partial charge in [0.05, 0.1) is 5.92 Å². The summed E-state index contributed by atoms with van der Waals surface area (Å²) in [4.78, 5) is 10.9. The first-order chi connectivity index (χ1) is 9.58. The van der Waals surface area contributed by atoms with Crippen molar-refractivity contribution in [2.24, 2.45) is 5.92 Å². The van der Waals surface area contributed by atoms with Crippen LogP contribution in [0.5, 0.6) is 0 Å². The lowest BCUT2D eigenvalue weighted by Gasteiger charge is -2.20. The van der Waals surface area contributed by atoms with Crippen LogP contribution in [0.4, 0.5) is 0 Å². The first kappa shape index (κ1) is 15.0. The van der Waals surface area contributed by atoms with Crippen LogP contribution in [0.1, 0.15) is 56.6 Å². The number of benzene rings is 1. The predicted octanol–water partition coefficient (Wildman–Crippen LogP) is 3.54. The summed E-state index contributed by atoms with van der Waals surface area (Å²) in [7, 11) is 0. The number of hydrogen-bond acceptors (Lipinski definition) is 2. The predicted molar refractivity (Wildman–Crippen MR) is 80.8 cm³/mol. The summed E-state index contributed by atoms with van der Waals surface area (Å²) in [6.45, 7) is 4.86. The second-order valence-electron chi connectivity index (χ2n) is 6.02. The van der Waals surface area contributed by atoms with E-state index in [9.17, 15) is 4.79 Å². The van der Waals surface area contributed by atoms with Gasteiger partial charge in [0, 0.05) is 12.6 Å². The minimum absolute atomic E-state index is 0.436. The van der Waals surface area contributed by atoms with Crippen molar-refractivity contribution < 1.29 is 9.90 Å². The molecule has 1 aliphatic rings. The molecule has 2 unspecified atom stereocenters. The molecule has 0 bridgehead atoms. The number of carboxylic acids is 1. The monoisotopic (exact) mass is 275 g/mol. The molecule has 1 aliphatic carbocycles. The van der Waals surface area contributed by atoms with Crippen LogP contribution in [0.3, 0.4) is 0 Å². The zero-order valence-corrected chi connectivity index (χ0v) is 12.4. The van der Waals surface area contributed by atoms with E-state index >= 15 is 0 Å². The van der Waals surface area contributed by atoms with Crippen molar-refractivity contribution >= 4 is 5.97 Å². The van der Waals surface area contributed by atoms with Crippen LogP contribution < -0.4 is 5.32 Å². The van der Waals surface area contributed by atoms with Crippen molar-refractivity contribution in [1.82, 2.24) is 5.32 Å². The van der Waals surface area contributed by atoms with Crippen LogP contribution in [0.15, 0.2) is 24.3 Å². The van der Waals surface area contributed by atoms with Crippen LogP contribution in [-0.4, -0.2) is 17.1 Å². The van der Waals surface area contributed by atoms with Crippen molar-refractivity contribution in [2.75, 3.05) is 0 Å². The van der Waals surface area contributed by atoms with Gasteiger partial charge in [0.15, 0.2) is 0 Å². The standard InChI is InChI=1S/C17H25NO2/c1-12(17(19)20)15-9-7-14(8-10-15)11-18-13(2)16-5-3-4-6-16/h7-10,12-13,16,18H,3-6,11H2,1-2H3,(H,19,20). The summed E-state index contributed by atoms with van der Waals surface area (Å²) >= 11 is 0. The normalized spacial score (nSPS) is 18.9. The Kier molecular flexibility index (Phi) is 5.18. The summed E-state index contributed by atoms with van der Waals surface area (Å²) < 4.78 is 0. The van der Waals surface area contributed by atoms with E-state index in [1.165, 1.54) is 31.2 Å². The zero-order valence-electron chi connectivity index (χ0n) is 12.4. The average molecular weight is 275 g/mol. The molecule has 0 spiro atoms.